The van der Waals surface area contributed by atoms with Crippen molar-refractivity contribution in [1.29, 1.82) is 0 Å². The maximum Gasteiger partial charge on any atom is 0.418 e. The van der Waals surface area contributed by atoms with Gasteiger partial charge in [0.2, 0.25) is 0 Å². The number of carbonyl (C=O) groups is 2. The van der Waals surface area contributed by atoms with E-state index in [9.17, 15) is 32.9 Å². The topological polar surface area (TPSA) is 98.5 Å². The fourth-order valence-corrected chi connectivity index (χ4v) is 2.45. The molecule has 0 atom stereocenters. The van der Waals surface area contributed by atoms with Gasteiger partial charge in [-0.1, -0.05) is 18.2 Å². The van der Waals surface area contributed by atoms with Gasteiger partial charge in [0, 0.05) is 12.1 Å². The molecule has 154 valence electrons. The Morgan fingerprint density at radius 2 is 1.79 bits per heavy atom. The van der Waals surface area contributed by atoms with Gasteiger partial charge in [0.1, 0.15) is 0 Å². The molecule has 0 saturated heterocycles. The van der Waals surface area contributed by atoms with Gasteiger partial charge >= 0.3 is 12.1 Å². The number of nitro groups is 1. The third-order valence-corrected chi connectivity index (χ3v) is 4.08. The number of ether oxygens (including phenoxy) is 1. The predicted molar refractivity (Wildman–Crippen MR) is 97.3 cm³/mol. The van der Waals surface area contributed by atoms with E-state index in [4.69, 9.17) is 4.74 Å². The van der Waals surface area contributed by atoms with E-state index in [2.05, 4.69) is 0 Å². The van der Waals surface area contributed by atoms with Crippen molar-refractivity contribution in [3.63, 3.8) is 0 Å². The van der Waals surface area contributed by atoms with Crippen LogP contribution in [-0.2, 0) is 26.9 Å². The highest BCUT2D eigenvalue weighted by molar-refractivity contribution is 5.93. The summed E-state index contributed by atoms with van der Waals surface area (Å²) < 4.78 is 44.1. The number of amides is 1. The number of alkyl halides is 3. The second-order valence-corrected chi connectivity index (χ2v) is 6.29. The lowest BCUT2D eigenvalue weighted by Crippen LogP contribution is -2.23. The fraction of sp³-hybridized carbons (Fsp3) is 0.263. The summed E-state index contributed by atoms with van der Waals surface area (Å²) in [4.78, 5) is 33.4. The van der Waals surface area contributed by atoms with E-state index in [1.165, 1.54) is 0 Å². The zero-order chi connectivity index (χ0) is 21.8. The van der Waals surface area contributed by atoms with E-state index in [0.717, 1.165) is 23.3 Å². The van der Waals surface area contributed by atoms with Crippen LogP contribution in [0.3, 0.4) is 0 Å². The fourth-order valence-electron chi connectivity index (χ4n) is 2.45. The van der Waals surface area contributed by atoms with Crippen LogP contribution in [0.2, 0.25) is 0 Å². The molecule has 0 fully saturated rings. The number of aryl methyl sites for hydroxylation is 2. The second kappa shape index (κ2) is 8.72. The third-order valence-electron chi connectivity index (χ3n) is 4.08. The number of nitro benzene ring substituents is 1. The molecule has 0 bridgehead atoms. The van der Waals surface area contributed by atoms with Gasteiger partial charge in [-0.3, -0.25) is 19.7 Å². The zero-order valence-corrected chi connectivity index (χ0v) is 15.5. The van der Waals surface area contributed by atoms with Gasteiger partial charge in [-0.2, -0.15) is 13.2 Å². The van der Waals surface area contributed by atoms with Crippen LogP contribution in [0.1, 0.15) is 22.3 Å². The number of benzene rings is 2. The number of esters is 1. The third kappa shape index (κ3) is 6.03. The van der Waals surface area contributed by atoms with Crippen LogP contribution in [0.25, 0.3) is 0 Å². The Morgan fingerprint density at radius 1 is 1.10 bits per heavy atom. The van der Waals surface area contributed by atoms with Crippen molar-refractivity contribution in [3.8, 4) is 0 Å². The Kier molecular flexibility index (Phi) is 6.57. The smallest absolute Gasteiger partial charge is 0.418 e. The molecule has 29 heavy (non-hydrogen) atoms. The molecule has 0 aromatic heterocycles. The van der Waals surface area contributed by atoms with Gasteiger partial charge in [0.05, 0.1) is 22.6 Å². The first-order chi connectivity index (χ1) is 13.5. The standard InChI is InChI=1S/C19H17F3N2O5/c1-11-3-4-13(7-12(11)2)8-18(26)29-10-17(25)23-16-6-5-14(24(27)28)9-15(16)19(20,21)22/h3-7,9H,8,10H2,1-2H3,(H,23,25). The Bertz CT molecular complexity index is 957. The zero-order valence-electron chi connectivity index (χ0n) is 15.5. The molecule has 2 aromatic carbocycles. The molecule has 0 spiro atoms. The summed E-state index contributed by atoms with van der Waals surface area (Å²) in [7, 11) is 0. The van der Waals surface area contributed by atoms with Crippen molar-refractivity contribution in [3.05, 3.63) is 68.8 Å². The van der Waals surface area contributed by atoms with E-state index in [-0.39, 0.29) is 6.42 Å². The molecule has 1 amide bonds. The van der Waals surface area contributed by atoms with Crippen LogP contribution in [0, 0.1) is 24.0 Å². The Balaban J connectivity index is 2.00. The molecule has 0 aliphatic rings. The molecular weight excluding hydrogens is 393 g/mol. The molecule has 2 rings (SSSR count). The van der Waals surface area contributed by atoms with Gasteiger partial charge in [0.15, 0.2) is 6.61 Å². The lowest BCUT2D eigenvalue weighted by molar-refractivity contribution is -0.385. The van der Waals surface area contributed by atoms with E-state index in [0.29, 0.717) is 11.6 Å². The molecule has 0 unspecified atom stereocenters. The molecule has 0 aliphatic carbocycles. The lowest BCUT2D eigenvalue weighted by Gasteiger charge is -2.13. The van der Waals surface area contributed by atoms with Crippen LogP contribution in [0.15, 0.2) is 36.4 Å². The lowest BCUT2D eigenvalue weighted by atomic mass is 10.0. The predicted octanol–water partition coefficient (Wildman–Crippen LogP) is 3.95. The summed E-state index contributed by atoms with van der Waals surface area (Å²) >= 11 is 0. The molecule has 0 saturated carbocycles. The Hall–Kier alpha value is -3.43. The number of hydrogen-bond donors (Lipinski definition) is 1. The van der Waals surface area contributed by atoms with E-state index < -0.39 is 46.5 Å². The Morgan fingerprint density at radius 3 is 2.38 bits per heavy atom. The number of hydrogen-bond acceptors (Lipinski definition) is 5. The highest BCUT2D eigenvalue weighted by Crippen LogP contribution is 2.37. The van der Waals surface area contributed by atoms with Crippen molar-refractivity contribution in [1.82, 2.24) is 0 Å². The molecule has 0 aliphatic heterocycles. The van der Waals surface area contributed by atoms with Crippen molar-refractivity contribution in [2.75, 3.05) is 11.9 Å². The van der Waals surface area contributed by atoms with E-state index >= 15 is 0 Å². The van der Waals surface area contributed by atoms with Crippen molar-refractivity contribution >= 4 is 23.3 Å². The number of rotatable bonds is 6. The summed E-state index contributed by atoms with van der Waals surface area (Å²) in [6.45, 7) is 2.99. The summed E-state index contributed by atoms with van der Waals surface area (Å²) in [5.74, 6) is -1.72. The van der Waals surface area contributed by atoms with Crippen LogP contribution in [0.5, 0.6) is 0 Å². The quantitative estimate of drug-likeness (QED) is 0.442. The number of nitrogens with one attached hydrogen (secondary N) is 1. The average molecular weight is 410 g/mol. The SMILES string of the molecule is Cc1ccc(CC(=O)OCC(=O)Nc2ccc([N+](=O)[O-])cc2C(F)(F)F)cc1C. The van der Waals surface area contributed by atoms with Crippen LogP contribution in [0.4, 0.5) is 24.5 Å². The minimum absolute atomic E-state index is 0.0975. The molecule has 0 radical (unpaired) electrons. The van der Waals surface area contributed by atoms with Gasteiger partial charge in [-0.15, -0.1) is 0 Å². The summed E-state index contributed by atoms with van der Waals surface area (Å²) in [5, 5.41) is 12.6. The van der Waals surface area contributed by atoms with E-state index in [1.54, 1.807) is 12.1 Å². The maximum atomic E-state index is 13.1. The van der Waals surface area contributed by atoms with Gasteiger partial charge in [-0.25, -0.2) is 0 Å². The minimum Gasteiger partial charge on any atom is -0.455 e. The first-order valence-electron chi connectivity index (χ1n) is 8.34. The van der Waals surface area contributed by atoms with Crippen LogP contribution in [-0.4, -0.2) is 23.4 Å². The largest absolute Gasteiger partial charge is 0.455 e. The van der Waals surface area contributed by atoms with Crippen molar-refractivity contribution < 1.29 is 32.4 Å². The first-order valence-corrected chi connectivity index (χ1v) is 8.34. The van der Waals surface area contributed by atoms with Crippen molar-refractivity contribution in [2.45, 2.75) is 26.4 Å². The van der Waals surface area contributed by atoms with Crippen LogP contribution < -0.4 is 5.32 Å². The monoisotopic (exact) mass is 410 g/mol. The average Bonchev–Trinajstić information content (AvgIpc) is 2.62. The highest BCUT2D eigenvalue weighted by Gasteiger charge is 2.35. The second-order valence-electron chi connectivity index (χ2n) is 6.29. The number of carbonyl (C=O) groups excluding carboxylic acids is 2. The Labute approximate surface area is 163 Å². The normalized spacial score (nSPS) is 11.1. The van der Waals surface area contributed by atoms with Gasteiger partial charge < -0.3 is 10.1 Å². The summed E-state index contributed by atoms with van der Waals surface area (Å²) in [5.41, 5.74) is -0.112. The number of anilines is 1. The van der Waals surface area contributed by atoms with E-state index in [1.807, 2.05) is 25.2 Å². The number of non-ortho nitro benzene ring substituents is 1. The summed E-state index contributed by atoms with van der Waals surface area (Å²) in [6.07, 6.45) is -5.02. The number of nitrogens with zero attached hydrogens (tertiary/aromatic N) is 1. The summed E-state index contributed by atoms with van der Waals surface area (Å²) in [6, 6.07) is 7.28. The maximum absolute atomic E-state index is 13.1. The number of halogens is 3. The molecule has 1 N–H and O–H groups in total. The molecule has 10 heteroatoms. The van der Waals surface area contributed by atoms with Crippen molar-refractivity contribution in [2.24, 2.45) is 0 Å². The van der Waals surface area contributed by atoms with Crippen LogP contribution >= 0.6 is 0 Å². The molecular formula is C19H17F3N2O5. The minimum atomic E-state index is -4.92. The molecule has 7 nitrogen and oxygen atoms in total. The first kappa shape index (κ1) is 21.9. The molecule has 0 heterocycles. The van der Waals surface area contributed by atoms with Gasteiger partial charge in [-0.05, 0) is 36.6 Å². The van der Waals surface area contributed by atoms with Gasteiger partial charge in [0.25, 0.3) is 11.6 Å². The molecule has 2 aromatic rings. The highest BCUT2D eigenvalue weighted by atomic mass is 19.4.